The van der Waals surface area contributed by atoms with Crippen LogP contribution >= 0.6 is 0 Å². The highest BCUT2D eigenvalue weighted by molar-refractivity contribution is 6.24. The summed E-state index contributed by atoms with van der Waals surface area (Å²) in [5, 5.41) is 45.0. The van der Waals surface area contributed by atoms with Crippen LogP contribution in [-0.2, 0) is 32.0 Å². The number of fused-ring (bicyclic) bond motifs is 3. The van der Waals surface area contributed by atoms with Gasteiger partial charge in [-0.1, -0.05) is 30.3 Å². The van der Waals surface area contributed by atoms with E-state index in [1.165, 1.54) is 11.0 Å². The van der Waals surface area contributed by atoms with Crippen LogP contribution in [0.1, 0.15) is 23.1 Å². The molecule has 43 heavy (non-hydrogen) atoms. The van der Waals surface area contributed by atoms with E-state index in [0.29, 0.717) is 17.7 Å². The summed E-state index contributed by atoms with van der Waals surface area (Å²) < 4.78 is 0. The highest BCUT2D eigenvalue weighted by Gasteiger charge is 2.64. The molecule has 0 aliphatic heterocycles. The van der Waals surface area contributed by atoms with Crippen molar-refractivity contribution in [3.05, 3.63) is 70.0 Å². The normalized spacial score (nSPS) is 25.1. The largest absolute Gasteiger partial charge is 0.508 e. The Labute approximate surface area is 248 Å². The first-order chi connectivity index (χ1) is 20.2. The van der Waals surface area contributed by atoms with Gasteiger partial charge in [-0.15, -0.1) is 0 Å². The lowest BCUT2D eigenvalue weighted by atomic mass is 9.57. The molecule has 1 amide bonds. The zero-order chi connectivity index (χ0) is 31.5. The van der Waals surface area contributed by atoms with E-state index in [-0.39, 0.29) is 41.9 Å². The van der Waals surface area contributed by atoms with E-state index < -0.39 is 58.0 Å². The molecule has 0 radical (unpaired) electrons. The molecule has 1 fully saturated rings. The summed E-state index contributed by atoms with van der Waals surface area (Å²) >= 11 is 0. The van der Waals surface area contributed by atoms with Gasteiger partial charge in [0, 0.05) is 17.9 Å². The molecule has 6 N–H and O–H groups in total. The van der Waals surface area contributed by atoms with Gasteiger partial charge in [-0.2, -0.15) is 0 Å². The number of rotatable bonds is 7. The number of Topliss-reactive ketones (excluding diaryl/α,β-unsaturated/α-hetero) is 3. The molecular formula is C32H35N3O8. The number of aromatic hydroxyl groups is 1. The zero-order valence-electron chi connectivity index (χ0n) is 24.4. The first-order valence-electron chi connectivity index (χ1n) is 13.9. The summed E-state index contributed by atoms with van der Waals surface area (Å²) in [6.45, 7) is 0.328. The molecule has 226 valence electrons. The molecule has 2 aromatic rings. The van der Waals surface area contributed by atoms with E-state index >= 15 is 0 Å². The van der Waals surface area contributed by atoms with Gasteiger partial charge in [0.2, 0.25) is 5.78 Å². The standard InChI is InChI=1S/C32H35N3O8/c1-34(2)14-18(36)11-15-5-7-16(8-6-15)19-9-10-22(37)24-20(19)12-17-13-21-26(35(3)4)28(39)25(31(33)42)30(41)32(21,43)29(40)23(17)27(24)38/h5-10,17,21,26,37-38,41,43H,11-14H2,1-4H3,(H2,33,42). The molecule has 11 heteroatoms. The Morgan fingerprint density at radius 1 is 1.00 bits per heavy atom. The number of carbonyl (C=O) groups is 4. The van der Waals surface area contributed by atoms with Crippen molar-refractivity contribution >= 4 is 29.0 Å². The predicted molar refractivity (Wildman–Crippen MR) is 157 cm³/mol. The van der Waals surface area contributed by atoms with Crippen LogP contribution in [0.2, 0.25) is 0 Å². The van der Waals surface area contributed by atoms with Crippen molar-refractivity contribution in [2.45, 2.75) is 30.9 Å². The highest BCUT2D eigenvalue weighted by atomic mass is 16.3. The fourth-order valence-electron chi connectivity index (χ4n) is 6.95. The third-order valence-corrected chi connectivity index (χ3v) is 8.76. The van der Waals surface area contributed by atoms with Crippen LogP contribution in [0.3, 0.4) is 0 Å². The summed E-state index contributed by atoms with van der Waals surface area (Å²) in [6, 6.07) is 9.34. The number of ketones is 3. The lowest BCUT2D eigenvalue weighted by Crippen LogP contribution is -2.65. The molecule has 0 heterocycles. The second-order valence-corrected chi connectivity index (χ2v) is 12.1. The molecule has 0 saturated heterocycles. The number of likely N-dealkylation sites (N-methyl/N-ethyl adjacent to an activating group) is 2. The monoisotopic (exact) mass is 589 g/mol. The minimum Gasteiger partial charge on any atom is -0.508 e. The summed E-state index contributed by atoms with van der Waals surface area (Å²) in [6.07, 6.45) is 0.465. The number of aliphatic hydroxyl groups is 3. The van der Waals surface area contributed by atoms with E-state index in [4.69, 9.17) is 5.73 Å². The first-order valence-corrected chi connectivity index (χ1v) is 13.9. The van der Waals surface area contributed by atoms with Crippen LogP contribution < -0.4 is 5.73 Å². The van der Waals surface area contributed by atoms with E-state index in [1.807, 2.05) is 43.3 Å². The number of phenolic OH excluding ortho intramolecular Hbond substituents is 1. The molecule has 3 aliphatic rings. The number of hydrogen-bond acceptors (Lipinski definition) is 10. The van der Waals surface area contributed by atoms with Crippen molar-refractivity contribution in [1.29, 1.82) is 0 Å². The summed E-state index contributed by atoms with van der Waals surface area (Å²) in [4.78, 5) is 55.0. The summed E-state index contributed by atoms with van der Waals surface area (Å²) in [5.41, 5.74) is 4.54. The Morgan fingerprint density at radius 3 is 2.23 bits per heavy atom. The van der Waals surface area contributed by atoms with Crippen LogP contribution in [0, 0.1) is 11.8 Å². The van der Waals surface area contributed by atoms with Gasteiger partial charge >= 0.3 is 0 Å². The molecule has 11 nitrogen and oxygen atoms in total. The van der Waals surface area contributed by atoms with Crippen LogP contribution in [0.15, 0.2) is 53.3 Å². The second-order valence-electron chi connectivity index (χ2n) is 12.1. The molecule has 5 rings (SSSR count). The lowest BCUT2D eigenvalue weighted by molar-refractivity contribution is -0.153. The molecule has 2 aromatic carbocycles. The Bertz CT molecular complexity index is 1620. The second kappa shape index (κ2) is 10.7. The number of phenols is 1. The van der Waals surface area contributed by atoms with Crippen LogP contribution in [-0.4, -0.2) is 99.9 Å². The lowest BCUT2D eigenvalue weighted by Gasteiger charge is -2.50. The zero-order valence-corrected chi connectivity index (χ0v) is 24.4. The Hall–Kier alpha value is -4.32. The van der Waals surface area contributed by atoms with E-state index in [0.717, 1.165) is 11.1 Å². The van der Waals surface area contributed by atoms with Crippen molar-refractivity contribution in [1.82, 2.24) is 9.80 Å². The summed E-state index contributed by atoms with van der Waals surface area (Å²) in [5.74, 6) is -6.82. The fraction of sp³-hybridized carbons (Fsp3) is 0.375. The number of hydrogen-bond donors (Lipinski definition) is 5. The highest BCUT2D eigenvalue weighted by Crippen LogP contribution is 2.53. The summed E-state index contributed by atoms with van der Waals surface area (Å²) in [7, 11) is 6.77. The number of primary amides is 1. The van der Waals surface area contributed by atoms with Gasteiger partial charge < -0.3 is 31.1 Å². The molecule has 3 aliphatic carbocycles. The molecule has 4 atom stereocenters. The van der Waals surface area contributed by atoms with Gasteiger partial charge in [0.15, 0.2) is 17.2 Å². The topological polar surface area (TPSA) is 182 Å². The van der Waals surface area contributed by atoms with Gasteiger partial charge in [0.25, 0.3) is 5.91 Å². The average molecular weight is 590 g/mol. The third-order valence-electron chi connectivity index (χ3n) is 8.76. The third kappa shape index (κ3) is 4.73. The molecule has 0 spiro atoms. The minimum absolute atomic E-state index is 0.00772. The predicted octanol–water partition coefficient (Wildman–Crippen LogP) is 1.30. The molecule has 4 unspecified atom stereocenters. The number of aliphatic hydroxyl groups excluding tert-OH is 2. The number of nitrogens with two attached hydrogens (primary N) is 1. The Kier molecular flexibility index (Phi) is 7.54. The van der Waals surface area contributed by atoms with E-state index in [2.05, 4.69) is 0 Å². The van der Waals surface area contributed by atoms with Crippen molar-refractivity contribution in [2.75, 3.05) is 34.7 Å². The minimum atomic E-state index is -2.68. The number of nitrogens with zero attached hydrogens (tertiary/aromatic N) is 2. The van der Waals surface area contributed by atoms with Gasteiger partial charge in [-0.25, -0.2) is 0 Å². The Morgan fingerprint density at radius 2 is 1.65 bits per heavy atom. The molecule has 0 bridgehead atoms. The average Bonchev–Trinajstić information content (AvgIpc) is 2.90. The van der Waals surface area contributed by atoms with Crippen molar-refractivity contribution < 1.29 is 39.6 Å². The first kappa shape index (κ1) is 30.1. The SMILES string of the molecule is CN(C)CC(=O)Cc1ccc(-c2ccc(O)c3c2CC2CC4C(N(C)C)C(=O)C(C(N)=O)=C(O)C4(O)C(=O)C2=C3O)cc1. The van der Waals surface area contributed by atoms with Crippen LogP contribution in [0.4, 0.5) is 0 Å². The van der Waals surface area contributed by atoms with E-state index in [1.54, 1.807) is 20.2 Å². The Balaban J connectivity index is 1.60. The van der Waals surface area contributed by atoms with E-state index in [9.17, 15) is 39.6 Å². The van der Waals surface area contributed by atoms with Crippen molar-refractivity contribution in [3.63, 3.8) is 0 Å². The number of amides is 1. The number of carbonyl (C=O) groups excluding carboxylic acids is 4. The smallest absolute Gasteiger partial charge is 0.255 e. The van der Waals surface area contributed by atoms with Gasteiger partial charge in [0.1, 0.15) is 22.8 Å². The van der Waals surface area contributed by atoms with Gasteiger partial charge in [-0.3, -0.25) is 24.1 Å². The maximum absolute atomic E-state index is 14.0. The maximum Gasteiger partial charge on any atom is 0.255 e. The van der Waals surface area contributed by atoms with Gasteiger partial charge in [-0.05, 0) is 75.3 Å². The fourth-order valence-corrected chi connectivity index (χ4v) is 6.95. The van der Waals surface area contributed by atoms with Crippen molar-refractivity contribution in [2.24, 2.45) is 17.6 Å². The molecule has 0 aromatic heterocycles. The van der Waals surface area contributed by atoms with Crippen molar-refractivity contribution in [3.8, 4) is 16.9 Å². The van der Waals surface area contributed by atoms with Gasteiger partial charge in [0.05, 0.1) is 18.2 Å². The van der Waals surface area contributed by atoms with Crippen LogP contribution in [0.25, 0.3) is 16.9 Å². The quantitative estimate of drug-likeness (QED) is 0.295. The molecular weight excluding hydrogens is 554 g/mol. The molecule has 1 saturated carbocycles. The maximum atomic E-state index is 14.0. The number of benzene rings is 2. The van der Waals surface area contributed by atoms with Crippen LogP contribution in [0.5, 0.6) is 5.75 Å².